The first-order valence-electron chi connectivity index (χ1n) is 9.18. The summed E-state index contributed by atoms with van der Waals surface area (Å²) in [5.74, 6) is -0.578. The van der Waals surface area contributed by atoms with Crippen molar-refractivity contribution in [1.29, 1.82) is 0 Å². The van der Waals surface area contributed by atoms with Crippen LogP contribution in [0.25, 0.3) is 10.2 Å². The van der Waals surface area contributed by atoms with Gasteiger partial charge in [0.25, 0.3) is 11.5 Å². The lowest BCUT2D eigenvalue weighted by molar-refractivity contribution is -0.116. The summed E-state index contributed by atoms with van der Waals surface area (Å²) in [6, 6.07) is 6.65. The van der Waals surface area contributed by atoms with E-state index in [1.165, 1.54) is 15.8 Å². The van der Waals surface area contributed by atoms with Crippen LogP contribution in [0.2, 0.25) is 0 Å². The number of carbonyl (C=O) groups is 2. The molecule has 2 amide bonds. The minimum atomic E-state index is -0.346. The molecule has 0 aliphatic heterocycles. The van der Waals surface area contributed by atoms with E-state index in [1.807, 2.05) is 0 Å². The number of hydrogen-bond donors (Lipinski definition) is 2. The molecule has 1 aliphatic carbocycles. The van der Waals surface area contributed by atoms with E-state index in [0.717, 1.165) is 36.1 Å². The van der Waals surface area contributed by atoms with Gasteiger partial charge < -0.3 is 10.6 Å². The summed E-state index contributed by atoms with van der Waals surface area (Å²) in [4.78, 5) is 43.5. The van der Waals surface area contributed by atoms with Crippen LogP contribution in [0.4, 0.5) is 5.69 Å². The number of benzene rings is 1. The van der Waals surface area contributed by atoms with Gasteiger partial charge in [-0.3, -0.25) is 19.0 Å². The molecule has 4 rings (SSSR count). The van der Waals surface area contributed by atoms with Crippen molar-refractivity contribution in [3.63, 3.8) is 0 Å². The summed E-state index contributed by atoms with van der Waals surface area (Å²) < 4.78 is 1.35. The van der Waals surface area contributed by atoms with Gasteiger partial charge in [0.1, 0.15) is 11.4 Å². The van der Waals surface area contributed by atoms with Crippen LogP contribution in [0.3, 0.4) is 0 Å². The number of thiophene rings is 1. The van der Waals surface area contributed by atoms with Crippen molar-refractivity contribution >= 4 is 39.1 Å². The van der Waals surface area contributed by atoms with E-state index < -0.39 is 0 Å². The average Bonchev–Trinajstić information content (AvgIpc) is 3.09. The van der Waals surface area contributed by atoms with Crippen molar-refractivity contribution in [2.45, 2.75) is 32.2 Å². The van der Waals surface area contributed by atoms with Gasteiger partial charge in [-0.05, 0) is 49.4 Å². The second-order valence-electron chi connectivity index (χ2n) is 6.78. The second-order valence-corrected chi connectivity index (χ2v) is 7.86. The molecule has 0 saturated heterocycles. The van der Waals surface area contributed by atoms with Crippen molar-refractivity contribution in [2.24, 2.45) is 0 Å². The first-order chi connectivity index (χ1) is 13.6. The molecule has 0 unspecified atom stereocenters. The van der Waals surface area contributed by atoms with Crippen molar-refractivity contribution in [3.05, 3.63) is 57.0 Å². The highest BCUT2D eigenvalue weighted by Gasteiger charge is 2.20. The summed E-state index contributed by atoms with van der Waals surface area (Å²) in [6.45, 7) is -0.128. The Bertz CT molecular complexity index is 1130. The molecule has 0 atom stereocenters. The number of nitrogens with one attached hydrogen (secondary N) is 2. The fourth-order valence-electron chi connectivity index (χ4n) is 3.53. The van der Waals surface area contributed by atoms with Crippen molar-refractivity contribution in [1.82, 2.24) is 14.9 Å². The van der Waals surface area contributed by atoms with Crippen LogP contribution >= 0.6 is 11.3 Å². The summed E-state index contributed by atoms with van der Waals surface area (Å²) in [7, 11) is 1.55. The van der Waals surface area contributed by atoms with Crippen LogP contribution in [0.1, 0.15) is 33.6 Å². The molecule has 2 aromatic heterocycles. The molecule has 0 spiro atoms. The van der Waals surface area contributed by atoms with E-state index in [9.17, 15) is 14.4 Å². The summed E-state index contributed by atoms with van der Waals surface area (Å²) in [5, 5.41) is 5.94. The highest BCUT2D eigenvalue weighted by molar-refractivity contribution is 7.18. The molecule has 28 heavy (non-hydrogen) atoms. The van der Waals surface area contributed by atoms with Gasteiger partial charge in [0.05, 0.1) is 11.7 Å². The smallest absolute Gasteiger partial charge is 0.262 e. The minimum Gasteiger partial charge on any atom is -0.355 e. The fourth-order valence-corrected chi connectivity index (χ4v) is 4.75. The third kappa shape index (κ3) is 3.43. The fraction of sp³-hybridized carbons (Fsp3) is 0.300. The van der Waals surface area contributed by atoms with Crippen LogP contribution < -0.4 is 16.2 Å². The van der Waals surface area contributed by atoms with Gasteiger partial charge in [-0.2, -0.15) is 0 Å². The number of carbonyl (C=O) groups excluding carboxylic acids is 2. The molecule has 1 aliphatic rings. The maximum absolute atomic E-state index is 12.9. The van der Waals surface area contributed by atoms with E-state index in [4.69, 9.17) is 0 Å². The Hall–Kier alpha value is -3.00. The maximum atomic E-state index is 12.9. The number of nitrogens with zero attached hydrogens (tertiary/aromatic N) is 2. The van der Waals surface area contributed by atoms with Gasteiger partial charge in [-0.1, -0.05) is 6.07 Å². The van der Waals surface area contributed by atoms with E-state index >= 15 is 0 Å². The van der Waals surface area contributed by atoms with E-state index in [1.54, 1.807) is 42.6 Å². The molecular weight excluding hydrogens is 376 g/mol. The molecule has 2 heterocycles. The Morgan fingerprint density at radius 3 is 2.89 bits per heavy atom. The second kappa shape index (κ2) is 7.55. The van der Waals surface area contributed by atoms with E-state index in [-0.39, 0.29) is 23.9 Å². The van der Waals surface area contributed by atoms with Crippen molar-refractivity contribution in [2.75, 3.05) is 12.4 Å². The third-order valence-corrected chi connectivity index (χ3v) is 6.09. The molecular formula is C20H20N4O3S. The standard InChI is InChI=1S/C20H20N4O3S/c1-21-18(26)12-5-4-6-13(9-12)23-16(25)10-24-11-22-19-17(20(24)27)14-7-2-3-8-15(14)28-19/h4-6,9,11H,2-3,7-8,10H2,1H3,(H,21,26)(H,23,25). The maximum Gasteiger partial charge on any atom is 0.262 e. The quantitative estimate of drug-likeness (QED) is 0.708. The number of hydrogen-bond acceptors (Lipinski definition) is 5. The highest BCUT2D eigenvalue weighted by Crippen LogP contribution is 2.33. The average molecular weight is 396 g/mol. The Kier molecular flexibility index (Phi) is 4.95. The minimum absolute atomic E-state index is 0.128. The van der Waals surface area contributed by atoms with Gasteiger partial charge in [0, 0.05) is 23.2 Å². The van der Waals surface area contributed by atoms with Crippen molar-refractivity contribution in [3.8, 4) is 0 Å². The molecule has 2 N–H and O–H groups in total. The van der Waals surface area contributed by atoms with Crippen LogP contribution in [0, 0.1) is 0 Å². The molecule has 8 heteroatoms. The molecule has 0 fully saturated rings. The number of fused-ring (bicyclic) bond motifs is 3. The predicted octanol–water partition coefficient (Wildman–Crippen LogP) is 2.34. The third-order valence-electron chi connectivity index (χ3n) is 4.89. The predicted molar refractivity (Wildman–Crippen MR) is 109 cm³/mol. The monoisotopic (exact) mass is 396 g/mol. The lowest BCUT2D eigenvalue weighted by Gasteiger charge is -2.11. The highest BCUT2D eigenvalue weighted by atomic mass is 32.1. The number of aromatic nitrogens is 2. The Balaban J connectivity index is 1.57. The zero-order chi connectivity index (χ0) is 19.7. The van der Waals surface area contributed by atoms with Crippen LogP contribution in [0.15, 0.2) is 35.4 Å². The van der Waals surface area contributed by atoms with Gasteiger partial charge in [-0.25, -0.2) is 4.98 Å². The molecule has 3 aromatic rings. The van der Waals surface area contributed by atoms with Gasteiger partial charge in [-0.15, -0.1) is 11.3 Å². The Morgan fingerprint density at radius 1 is 1.25 bits per heavy atom. The van der Waals surface area contributed by atoms with Gasteiger partial charge in [0.2, 0.25) is 5.91 Å². The lowest BCUT2D eigenvalue weighted by Crippen LogP contribution is -2.28. The summed E-state index contributed by atoms with van der Waals surface area (Å²) >= 11 is 1.59. The van der Waals surface area contributed by atoms with Gasteiger partial charge in [0.15, 0.2) is 0 Å². The molecule has 1 aromatic carbocycles. The summed E-state index contributed by atoms with van der Waals surface area (Å²) in [5.41, 5.74) is 1.89. The van der Waals surface area contributed by atoms with E-state index in [2.05, 4.69) is 15.6 Å². The van der Waals surface area contributed by atoms with Gasteiger partial charge >= 0.3 is 0 Å². The van der Waals surface area contributed by atoms with E-state index in [0.29, 0.717) is 16.6 Å². The zero-order valence-corrected chi connectivity index (χ0v) is 16.3. The van der Waals surface area contributed by atoms with Crippen LogP contribution in [-0.2, 0) is 24.2 Å². The molecule has 0 radical (unpaired) electrons. The zero-order valence-electron chi connectivity index (χ0n) is 15.4. The Labute approximate surface area is 165 Å². The SMILES string of the molecule is CNC(=O)c1cccc(NC(=O)Cn2cnc3sc4c(c3c2=O)CCCC4)c1. The molecule has 0 bridgehead atoms. The van der Waals surface area contributed by atoms with Crippen LogP contribution in [-0.4, -0.2) is 28.4 Å². The summed E-state index contributed by atoms with van der Waals surface area (Å²) in [6.07, 6.45) is 5.56. The Morgan fingerprint density at radius 2 is 2.07 bits per heavy atom. The number of anilines is 1. The number of amides is 2. The molecule has 144 valence electrons. The molecule has 0 saturated carbocycles. The normalized spacial score (nSPS) is 13.2. The largest absolute Gasteiger partial charge is 0.355 e. The van der Waals surface area contributed by atoms with Crippen molar-refractivity contribution < 1.29 is 9.59 Å². The molecule has 7 nitrogen and oxygen atoms in total. The van der Waals surface area contributed by atoms with Crippen LogP contribution in [0.5, 0.6) is 0 Å². The first kappa shape index (κ1) is 18.4. The first-order valence-corrected chi connectivity index (χ1v) is 10.00. The number of aryl methyl sites for hydroxylation is 2. The lowest BCUT2D eigenvalue weighted by atomic mass is 9.97. The number of rotatable bonds is 4. The topological polar surface area (TPSA) is 93.1 Å².